The second kappa shape index (κ2) is 8.21. The molecular formula is C16H21N3O2. The lowest BCUT2D eigenvalue weighted by Crippen LogP contribution is -2.24. The summed E-state index contributed by atoms with van der Waals surface area (Å²) in [5.41, 5.74) is 0.709. The number of aromatic nitrogens is 2. The second-order valence-electron chi connectivity index (χ2n) is 4.71. The molecule has 0 radical (unpaired) electrons. The van der Waals surface area contributed by atoms with Crippen molar-refractivity contribution in [2.24, 2.45) is 0 Å². The van der Waals surface area contributed by atoms with Crippen LogP contribution in [0.5, 0.6) is 5.75 Å². The lowest BCUT2D eigenvalue weighted by Gasteiger charge is -2.06. The number of benzene rings is 1. The van der Waals surface area contributed by atoms with Gasteiger partial charge in [0.2, 0.25) is 0 Å². The molecule has 1 N–H and O–H groups in total. The van der Waals surface area contributed by atoms with Gasteiger partial charge < -0.3 is 14.6 Å². The van der Waals surface area contributed by atoms with E-state index in [1.165, 1.54) is 0 Å². The maximum atomic E-state index is 12.0. The third-order valence-corrected chi connectivity index (χ3v) is 3.10. The van der Waals surface area contributed by atoms with Gasteiger partial charge in [-0.15, -0.1) is 0 Å². The molecule has 1 aromatic carbocycles. The Balaban J connectivity index is 1.66. The van der Waals surface area contributed by atoms with Crippen LogP contribution in [0.25, 0.3) is 0 Å². The van der Waals surface area contributed by atoms with E-state index in [-0.39, 0.29) is 5.78 Å². The van der Waals surface area contributed by atoms with E-state index >= 15 is 0 Å². The zero-order valence-electron chi connectivity index (χ0n) is 12.3. The van der Waals surface area contributed by atoms with Crippen LogP contribution >= 0.6 is 0 Å². The first kappa shape index (κ1) is 15.3. The van der Waals surface area contributed by atoms with E-state index in [2.05, 4.69) is 10.3 Å². The van der Waals surface area contributed by atoms with Crippen LogP contribution < -0.4 is 10.1 Å². The number of nitrogens with zero attached hydrogens (tertiary/aromatic N) is 2. The molecule has 0 aliphatic rings. The molecule has 21 heavy (non-hydrogen) atoms. The molecule has 5 nitrogen and oxygen atoms in total. The summed E-state index contributed by atoms with van der Waals surface area (Å²) in [4.78, 5) is 16.0. The van der Waals surface area contributed by atoms with Gasteiger partial charge in [-0.25, -0.2) is 4.98 Å². The first-order valence-corrected chi connectivity index (χ1v) is 7.22. The molecule has 0 amide bonds. The number of hydrogen-bond donors (Lipinski definition) is 1. The van der Waals surface area contributed by atoms with Gasteiger partial charge >= 0.3 is 0 Å². The molecule has 1 aromatic heterocycles. The molecule has 1 heterocycles. The molecule has 2 rings (SSSR count). The second-order valence-corrected chi connectivity index (χ2v) is 4.71. The van der Waals surface area contributed by atoms with Gasteiger partial charge in [-0.1, -0.05) is 0 Å². The van der Waals surface area contributed by atoms with E-state index in [0.717, 1.165) is 25.3 Å². The first-order chi connectivity index (χ1) is 10.3. The predicted octanol–water partition coefficient (Wildman–Crippen LogP) is 2.14. The Morgan fingerprint density at radius 1 is 1.33 bits per heavy atom. The van der Waals surface area contributed by atoms with Crippen molar-refractivity contribution in [1.29, 1.82) is 0 Å². The summed E-state index contributed by atoms with van der Waals surface area (Å²) < 4.78 is 7.38. The molecule has 0 aliphatic heterocycles. The fraction of sp³-hybridized carbons (Fsp3) is 0.375. The number of imidazole rings is 1. The van der Waals surface area contributed by atoms with Gasteiger partial charge in [0, 0.05) is 24.5 Å². The number of carbonyl (C=O) groups is 1. The average Bonchev–Trinajstić information content (AvgIpc) is 3.01. The van der Waals surface area contributed by atoms with E-state index in [0.29, 0.717) is 18.7 Å². The van der Waals surface area contributed by atoms with Crippen LogP contribution in [0.2, 0.25) is 0 Å². The monoisotopic (exact) mass is 287 g/mol. The lowest BCUT2D eigenvalue weighted by molar-refractivity contribution is 0.0991. The van der Waals surface area contributed by atoms with Gasteiger partial charge in [-0.3, -0.25) is 4.79 Å². The highest BCUT2D eigenvalue weighted by molar-refractivity contribution is 5.97. The van der Waals surface area contributed by atoms with Gasteiger partial charge in [0.25, 0.3) is 0 Å². The Kier molecular flexibility index (Phi) is 5.97. The lowest BCUT2D eigenvalue weighted by atomic mass is 10.1. The fourth-order valence-electron chi connectivity index (χ4n) is 2.01. The summed E-state index contributed by atoms with van der Waals surface area (Å²) in [6.45, 7) is 4.64. The molecule has 0 unspecified atom stereocenters. The Hall–Kier alpha value is -2.14. The zero-order chi connectivity index (χ0) is 14.9. The topological polar surface area (TPSA) is 56.1 Å². The van der Waals surface area contributed by atoms with Gasteiger partial charge in [-0.05, 0) is 44.2 Å². The van der Waals surface area contributed by atoms with E-state index < -0.39 is 0 Å². The number of carbonyl (C=O) groups excluding carboxylic acids is 1. The van der Waals surface area contributed by atoms with E-state index in [9.17, 15) is 4.79 Å². The van der Waals surface area contributed by atoms with Crippen molar-refractivity contribution in [3.8, 4) is 5.75 Å². The zero-order valence-corrected chi connectivity index (χ0v) is 12.3. The number of Topliss-reactive ketones (excluding diaryl/α,β-unsaturated/α-hetero) is 1. The summed E-state index contributed by atoms with van der Waals surface area (Å²) in [6.07, 6.45) is 6.46. The number of hydrogen-bond acceptors (Lipinski definition) is 4. The summed E-state index contributed by atoms with van der Waals surface area (Å²) >= 11 is 0. The molecule has 2 aromatic rings. The number of ketones is 1. The van der Waals surface area contributed by atoms with Crippen LogP contribution in [0, 0.1) is 0 Å². The van der Waals surface area contributed by atoms with Crippen molar-refractivity contribution < 1.29 is 9.53 Å². The predicted molar refractivity (Wildman–Crippen MR) is 81.7 cm³/mol. The smallest absolute Gasteiger partial charge is 0.176 e. The van der Waals surface area contributed by atoms with E-state index in [1.807, 2.05) is 29.8 Å². The van der Waals surface area contributed by atoms with Gasteiger partial charge in [0.05, 0.1) is 19.5 Å². The maximum absolute atomic E-state index is 12.0. The highest BCUT2D eigenvalue weighted by Gasteiger charge is 2.05. The van der Waals surface area contributed by atoms with Crippen LogP contribution in [0.3, 0.4) is 0 Å². The van der Waals surface area contributed by atoms with Crippen molar-refractivity contribution in [2.45, 2.75) is 19.9 Å². The third kappa shape index (κ3) is 5.04. The molecule has 0 fully saturated rings. The number of ether oxygens (including phenoxy) is 1. The normalized spacial score (nSPS) is 10.5. The minimum Gasteiger partial charge on any atom is -0.494 e. The molecule has 0 saturated carbocycles. The maximum Gasteiger partial charge on any atom is 0.176 e. The average molecular weight is 287 g/mol. The molecule has 0 bridgehead atoms. The quantitative estimate of drug-likeness (QED) is 0.567. The minimum atomic E-state index is 0.0979. The van der Waals surface area contributed by atoms with Gasteiger partial charge in [0.15, 0.2) is 5.78 Å². The van der Waals surface area contributed by atoms with Crippen molar-refractivity contribution in [3.63, 3.8) is 0 Å². The number of nitrogens with one attached hydrogen (secondary N) is 1. The molecule has 5 heteroatoms. The fourth-order valence-corrected chi connectivity index (χ4v) is 2.01. The Morgan fingerprint density at radius 3 is 2.81 bits per heavy atom. The summed E-state index contributed by atoms with van der Waals surface area (Å²) in [5, 5.41) is 3.17. The highest BCUT2D eigenvalue weighted by Crippen LogP contribution is 2.12. The SMILES string of the molecule is CCOc1ccc(C(=O)CNCCCn2ccnc2)cc1. The molecule has 112 valence electrons. The Labute approximate surface area is 125 Å². The van der Waals surface area contributed by atoms with Crippen LogP contribution in [-0.4, -0.2) is 35.0 Å². The summed E-state index contributed by atoms with van der Waals surface area (Å²) in [5.74, 6) is 0.892. The number of rotatable bonds is 9. The third-order valence-electron chi connectivity index (χ3n) is 3.10. The summed E-state index contributed by atoms with van der Waals surface area (Å²) in [6, 6.07) is 7.27. The van der Waals surface area contributed by atoms with Gasteiger partial charge in [0.1, 0.15) is 5.75 Å². The van der Waals surface area contributed by atoms with Crippen LogP contribution in [0.4, 0.5) is 0 Å². The summed E-state index contributed by atoms with van der Waals surface area (Å²) in [7, 11) is 0. The molecule has 0 spiro atoms. The number of aryl methyl sites for hydroxylation is 1. The van der Waals surface area contributed by atoms with Crippen molar-refractivity contribution in [2.75, 3.05) is 19.7 Å². The van der Waals surface area contributed by atoms with Crippen LogP contribution in [0.1, 0.15) is 23.7 Å². The van der Waals surface area contributed by atoms with Crippen molar-refractivity contribution in [3.05, 3.63) is 48.5 Å². The Bertz CT molecular complexity index is 535. The van der Waals surface area contributed by atoms with Crippen LogP contribution in [0.15, 0.2) is 43.0 Å². The van der Waals surface area contributed by atoms with E-state index in [1.54, 1.807) is 24.7 Å². The Morgan fingerprint density at radius 2 is 2.14 bits per heavy atom. The highest BCUT2D eigenvalue weighted by atomic mass is 16.5. The largest absolute Gasteiger partial charge is 0.494 e. The van der Waals surface area contributed by atoms with Crippen molar-refractivity contribution >= 4 is 5.78 Å². The minimum absolute atomic E-state index is 0.0979. The molecule has 0 saturated heterocycles. The molecule has 0 atom stereocenters. The standard InChI is InChI=1S/C16H21N3O2/c1-2-21-15-6-4-14(5-7-15)16(20)12-17-8-3-10-19-11-9-18-13-19/h4-7,9,11,13,17H,2-3,8,10,12H2,1H3. The van der Waals surface area contributed by atoms with Crippen LogP contribution in [-0.2, 0) is 6.54 Å². The molecular weight excluding hydrogens is 266 g/mol. The van der Waals surface area contributed by atoms with Crippen molar-refractivity contribution in [1.82, 2.24) is 14.9 Å². The first-order valence-electron chi connectivity index (χ1n) is 7.22. The van der Waals surface area contributed by atoms with E-state index in [4.69, 9.17) is 4.74 Å². The molecule has 0 aliphatic carbocycles. The van der Waals surface area contributed by atoms with Gasteiger partial charge in [-0.2, -0.15) is 0 Å².